The summed E-state index contributed by atoms with van der Waals surface area (Å²) in [5.41, 5.74) is 0.390. The Morgan fingerprint density at radius 3 is 2.36 bits per heavy atom. The number of halogens is 3. The number of alkyl halides is 3. The molecule has 0 fully saturated rings. The number of rotatable bonds is 6. The normalized spacial score (nSPS) is 12.4. The van der Waals surface area contributed by atoms with Crippen LogP contribution in [0, 0.1) is 17.0 Å². The predicted molar refractivity (Wildman–Crippen MR) is 130 cm³/mol. The Morgan fingerprint density at radius 2 is 1.75 bits per heavy atom. The monoisotopic (exact) mass is 497 g/mol. The van der Waals surface area contributed by atoms with Crippen molar-refractivity contribution in [1.29, 1.82) is 0 Å². The van der Waals surface area contributed by atoms with Gasteiger partial charge in [-0.2, -0.15) is 13.2 Å². The maximum absolute atomic E-state index is 13.4. The highest BCUT2D eigenvalue weighted by atomic mass is 19.4. The van der Waals surface area contributed by atoms with E-state index in [1.807, 2.05) is 37.2 Å². The third kappa shape index (κ3) is 5.02. The number of anilines is 2. The van der Waals surface area contributed by atoms with Gasteiger partial charge >= 0.3 is 6.18 Å². The fourth-order valence-corrected chi connectivity index (χ4v) is 3.79. The molecule has 0 unspecified atom stereocenters. The van der Waals surface area contributed by atoms with Gasteiger partial charge in [-0.1, -0.05) is 0 Å². The van der Waals surface area contributed by atoms with Crippen LogP contribution in [0.5, 0.6) is 0 Å². The summed E-state index contributed by atoms with van der Waals surface area (Å²) in [6, 6.07) is 7.32. The molecule has 1 N–H and O–H groups in total. The summed E-state index contributed by atoms with van der Waals surface area (Å²) in [6.45, 7) is 3.28. The number of nitro benzene ring substituents is 1. The summed E-state index contributed by atoms with van der Waals surface area (Å²) in [5.74, 6) is 1.42. The quantitative estimate of drug-likeness (QED) is 0.272. The minimum Gasteiger partial charge on any atom is -0.363 e. The van der Waals surface area contributed by atoms with Crippen molar-refractivity contribution in [2.75, 3.05) is 24.3 Å². The van der Waals surface area contributed by atoms with E-state index in [-0.39, 0.29) is 5.56 Å². The maximum atomic E-state index is 13.4. The molecule has 12 heteroatoms. The van der Waals surface area contributed by atoms with Crippen LogP contribution in [0.15, 0.2) is 48.8 Å². The molecule has 0 saturated heterocycles. The van der Waals surface area contributed by atoms with Gasteiger partial charge in [-0.3, -0.25) is 15.1 Å². The highest BCUT2D eigenvalue weighted by Gasteiger charge is 2.33. The summed E-state index contributed by atoms with van der Waals surface area (Å²) >= 11 is 0. The van der Waals surface area contributed by atoms with E-state index >= 15 is 0 Å². The number of aryl methyl sites for hydroxylation is 1. The van der Waals surface area contributed by atoms with Gasteiger partial charge in [-0.15, -0.1) is 0 Å². The topological polar surface area (TPSA) is 110 Å². The predicted octanol–water partition coefficient (Wildman–Crippen LogP) is 5.56. The van der Waals surface area contributed by atoms with E-state index in [1.165, 1.54) is 0 Å². The number of nitrogens with one attached hydrogen (secondary N) is 1. The number of pyridine rings is 2. The third-order valence-corrected chi connectivity index (χ3v) is 5.53. The van der Waals surface area contributed by atoms with E-state index in [0.29, 0.717) is 34.6 Å². The van der Waals surface area contributed by atoms with Gasteiger partial charge in [0, 0.05) is 44.2 Å². The lowest BCUT2D eigenvalue weighted by Crippen LogP contribution is -2.15. The zero-order chi connectivity index (χ0) is 26.2. The molecule has 0 saturated carbocycles. The highest BCUT2D eigenvalue weighted by Crippen LogP contribution is 2.36. The number of nitro groups is 1. The first kappa shape index (κ1) is 24.8. The SMILES string of the molecule is Cc1nc(N[C@H](C)c2cc([N+](=O)[O-])cc(C(F)(F)F)c2)c2cc(-c3ccncc3)c(N(C)C)nc2n1. The van der Waals surface area contributed by atoms with Crippen LogP contribution in [0.3, 0.4) is 0 Å². The average molecular weight is 497 g/mol. The zero-order valence-electron chi connectivity index (χ0n) is 19.8. The maximum Gasteiger partial charge on any atom is 0.416 e. The number of aromatic nitrogens is 4. The van der Waals surface area contributed by atoms with Crippen LogP contribution in [0.25, 0.3) is 22.2 Å². The van der Waals surface area contributed by atoms with E-state index in [4.69, 9.17) is 4.98 Å². The molecule has 1 atom stereocenters. The van der Waals surface area contributed by atoms with Gasteiger partial charge < -0.3 is 10.2 Å². The first-order valence-corrected chi connectivity index (χ1v) is 10.8. The summed E-state index contributed by atoms with van der Waals surface area (Å²) < 4.78 is 40.2. The van der Waals surface area contributed by atoms with Gasteiger partial charge in [0.1, 0.15) is 17.5 Å². The fourth-order valence-electron chi connectivity index (χ4n) is 3.79. The molecule has 4 aromatic rings. The Kier molecular flexibility index (Phi) is 6.44. The van der Waals surface area contributed by atoms with E-state index in [0.717, 1.165) is 23.3 Å². The van der Waals surface area contributed by atoms with Gasteiger partial charge in [0.05, 0.1) is 21.9 Å². The Balaban J connectivity index is 1.84. The highest BCUT2D eigenvalue weighted by molar-refractivity contribution is 5.94. The van der Waals surface area contributed by atoms with Crippen LogP contribution in [0.1, 0.15) is 29.9 Å². The van der Waals surface area contributed by atoms with Crippen LogP contribution in [-0.4, -0.2) is 39.0 Å². The van der Waals surface area contributed by atoms with Gasteiger partial charge in [0.25, 0.3) is 5.69 Å². The molecule has 0 bridgehead atoms. The van der Waals surface area contributed by atoms with Crippen molar-refractivity contribution < 1.29 is 18.1 Å². The minimum absolute atomic E-state index is 0.0909. The number of hydrogen-bond acceptors (Lipinski definition) is 8. The van der Waals surface area contributed by atoms with Crippen molar-refractivity contribution in [1.82, 2.24) is 19.9 Å². The van der Waals surface area contributed by atoms with Crippen molar-refractivity contribution in [3.63, 3.8) is 0 Å². The van der Waals surface area contributed by atoms with Gasteiger partial charge in [0.2, 0.25) is 0 Å². The van der Waals surface area contributed by atoms with Crippen LogP contribution in [0.4, 0.5) is 30.5 Å². The number of nitrogens with zero attached hydrogens (tertiary/aromatic N) is 6. The summed E-state index contributed by atoms with van der Waals surface area (Å²) in [6.07, 6.45) is -1.41. The number of non-ortho nitro benzene ring substituents is 1. The summed E-state index contributed by atoms with van der Waals surface area (Å²) in [5, 5.41) is 14.9. The lowest BCUT2D eigenvalue weighted by molar-refractivity contribution is -0.385. The third-order valence-electron chi connectivity index (χ3n) is 5.53. The van der Waals surface area contributed by atoms with Gasteiger partial charge in [-0.25, -0.2) is 15.0 Å². The molecule has 36 heavy (non-hydrogen) atoms. The van der Waals surface area contributed by atoms with E-state index < -0.39 is 28.4 Å². The van der Waals surface area contributed by atoms with Gasteiger partial charge in [0.15, 0.2) is 5.65 Å². The Morgan fingerprint density at radius 1 is 1.06 bits per heavy atom. The lowest BCUT2D eigenvalue weighted by atomic mass is 10.0. The molecular weight excluding hydrogens is 475 g/mol. The molecule has 0 aliphatic heterocycles. The second kappa shape index (κ2) is 9.36. The van der Waals surface area contributed by atoms with Gasteiger partial charge in [-0.05, 0) is 49.2 Å². The molecule has 0 amide bonds. The number of benzene rings is 1. The number of fused-ring (bicyclic) bond motifs is 1. The summed E-state index contributed by atoms with van der Waals surface area (Å²) in [7, 11) is 3.71. The molecule has 0 radical (unpaired) electrons. The smallest absolute Gasteiger partial charge is 0.363 e. The first-order chi connectivity index (χ1) is 16.9. The van der Waals surface area contributed by atoms with E-state index in [9.17, 15) is 23.3 Å². The van der Waals surface area contributed by atoms with Crippen LogP contribution < -0.4 is 10.2 Å². The largest absolute Gasteiger partial charge is 0.416 e. The molecule has 1 aromatic carbocycles. The Hall–Kier alpha value is -4.35. The second-order valence-electron chi connectivity index (χ2n) is 8.41. The molecule has 0 aliphatic rings. The molecule has 186 valence electrons. The molecule has 0 aliphatic carbocycles. The molecule has 3 heterocycles. The fraction of sp³-hybridized carbons (Fsp3) is 0.250. The molecule has 4 rings (SSSR count). The molecule has 0 spiro atoms. The van der Waals surface area contributed by atoms with Crippen molar-refractivity contribution >= 4 is 28.4 Å². The second-order valence-corrected chi connectivity index (χ2v) is 8.41. The van der Waals surface area contributed by atoms with E-state index in [1.54, 1.807) is 26.2 Å². The Labute approximate surface area is 204 Å². The molecule has 3 aromatic heterocycles. The standard InChI is InChI=1S/C24H22F3N7O2/c1-13(16-9-17(24(25,26)27)11-18(10-16)34(35)36)29-21-20-12-19(15-5-7-28-8-6-15)23(33(3)4)32-22(20)31-14(2)30-21/h5-13H,1-4H3,(H,29,30,31,32)/t13-/m1/s1. The van der Waals surface area contributed by atoms with Crippen LogP contribution >= 0.6 is 0 Å². The van der Waals surface area contributed by atoms with Crippen molar-refractivity contribution in [3.8, 4) is 11.1 Å². The van der Waals surface area contributed by atoms with Crippen molar-refractivity contribution in [2.45, 2.75) is 26.1 Å². The summed E-state index contributed by atoms with van der Waals surface area (Å²) in [4.78, 5) is 29.9. The first-order valence-electron chi connectivity index (χ1n) is 10.8. The minimum atomic E-state index is -4.73. The zero-order valence-corrected chi connectivity index (χ0v) is 19.8. The van der Waals surface area contributed by atoms with Crippen LogP contribution in [0.2, 0.25) is 0 Å². The average Bonchev–Trinajstić information content (AvgIpc) is 2.82. The van der Waals surface area contributed by atoms with Crippen LogP contribution in [-0.2, 0) is 6.18 Å². The van der Waals surface area contributed by atoms with E-state index in [2.05, 4.69) is 20.3 Å². The lowest BCUT2D eigenvalue weighted by Gasteiger charge is -2.20. The number of hydrogen-bond donors (Lipinski definition) is 1. The molecule has 9 nitrogen and oxygen atoms in total. The Bertz CT molecular complexity index is 1440. The van der Waals surface area contributed by atoms with Crippen molar-refractivity contribution in [2.24, 2.45) is 0 Å². The van der Waals surface area contributed by atoms with Crippen molar-refractivity contribution in [3.05, 3.63) is 75.9 Å². The molecular formula is C24H22F3N7O2.